The maximum atomic E-state index is 11.6. The van der Waals surface area contributed by atoms with Gasteiger partial charge in [0.15, 0.2) is 5.89 Å². The van der Waals surface area contributed by atoms with E-state index in [0.717, 1.165) is 18.6 Å². The number of ether oxygens (including phenoxy) is 1. The first-order valence-corrected chi connectivity index (χ1v) is 5.56. The third kappa shape index (κ3) is 2.82. The molecule has 1 atom stereocenters. The number of carbonyl (C=O) groups excluding carboxylic acids is 1. The molecule has 1 aromatic heterocycles. The Morgan fingerprint density at radius 2 is 2.56 bits per heavy atom. The number of aryl methyl sites for hydroxylation is 1. The molecule has 0 aromatic carbocycles. The number of rotatable bonds is 4. The number of nitrogens with zero attached hydrogens (tertiary/aromatic N) is 1. The molecule has 0 aliphatic carbocycles. The first-order valence-electron chi connectivity index (χ1n) is 5.56. The minimum Gasteiger partial charge on any atom is -0.446 e. The first kappa shape index (κ1) is 11.1. The van der Waals surface area contributed by atoms with Gasteiger partial charge in [0.05, 0.1) is 6.20 Å². The van der Waals surface area contributed by atoms with Crippen molar-refractivity contribution in [1.82, 2.24) is 10.3 Å². The summed E-state index contributed by atoms with van der Waals surface area (Å²) in [6.45, 7) is 3.08. The zero-order valence-corrected chi connectivity index (χ0v) is 9.36. The number of aromatic nitrogens is 1. The van der Waals surface area contributed by atoms with Gasteiger partial charge in [-0.05, 0) is 19.8 Å². The molecule has 1 amide bonds. The summed E-state index contributed by atoms with van der Waals surface area (Å²) >= 11 is 0. The van der Waals surface area contributed by atoms with E-state index in [4.69, 9.17) is 9.15 Å². The summed E-state index contributed by atoms with van der Waals surface area (Å²) < 4.78 is 10.6. The standard InChI is InChI=1S/C11H16N2O3/c1-8-7-13-10(16-8)4-5-12-11(14)9-3-2-6-15-9/h7,9H,2-6H2,1H3,(H,12,14). The highest BCUT2D eigenvalue weighted by molar-refractivity contribution is 5.80. The molecule has 1 N–H and O–H groups in total. The molecule has 1 unspecified atom stereocenters. The van der Waals surface area contributed by atoms with E-state index in [9.17, 15) is 4.79 Å². The van der Waals surface area contributed by atoms with Crippen LogP contribution in [0.1, 0.15) is 24.5 Å². The van der Waals surface area contributed by atoms with Crippen molar-refractivity contribution in [1.29, 1.82) is 0 Å². The maximum Gasteiger partial charge on any atom is 0.249 e. The van der Waals surface area contributed by atoms with E-state index in [0.29, 0.717) is 25.5 Å². The number of carbonyl (C=O) groups is 1. The summed E-state index contributed by atoms with van der Waals surface area (Å²) in [5, 5.41) is 2.82. The topological polar surface area (TPSA) is 64.4 Å². The van der Waals surface area contributed by atoms with Crippen molar-refractivity contribution >= 4 is 5.91 Å². The van der Waals surface area contributed by atoms with Gasteiger partial charge in [-0.1, -0.05) is 0 Å². The quantitative estimate of drug-likeness (QED) is 0.822. The Balaban J connectivity index is 1.69. The molecule has 2 heterocycles. The van der Waals surface area contributed by atoms with Gasteiger partial charge in [0.2, 0.25) is 5.91 Å². The minimum atomic E-state index is -0.258. The summed E-state index contributed by atoms with van der Waals surface area (Å²) in [5.41, 5.74) is 0. The molecule has 1 aliphatic rings. The number of nitrogens with one attached hydrogen (secondary N) is 1. The van der Waals surface area contributed by atoms with Crippen molar-refractivity contribution in [3.05, 3.63) is 17.8 Å². The highest BCUT2D eigenvalue weighted by atomic mass is 16.5. The number of amides is 1. The van der Waals surface area contributed by atoms with E-state index < -0.39 is 0 Å². The molecule has 1 fully saturated rings. The molecule has 0 radical (unpaired) electrons. The molecular formula is C11H16N2O3. The van der Waals surface area contributed by atoms with Gasteiger partial charge in [-0.25, -0.2) is 4.98 Å². The Labute approximate surface area is 94.2 Å². The highest BCUT2D eigenvalue weighted by Crippen LogP contribution is 2.11. The number of hydrogen-bond donors (Lipinski definition) is 1. The number of hydrogen-bond acceptors (Lipinski definition) is 4. The molecule has 5 heteroatoms. The SMILES string of the molecule is Cc1cnc(CCNC(=O)C2CCCO2)o1. The molecule has 16 heavy (non-hydrogen) atoms. The lowest BCUT2D eigenvalue weighted by molar-refractivity contribution is -0.130. The van der Waals surface area contributed by atoms with Gasteiger partial charge in [-0.3, -0.25) is 4.79 Å². The van der Waals surface area contributed by atoms with Crippen LogP contribution in [0.2, 0.25) is 0 Å². The second-order valence-corrected chi connectivity index (χ2v) is 3.91. The Hall–Kier alpha value is -1.36. The van der Waals surface area contributed by atoms with Crippen molar-refractivity contribution in [3.8, 4) is 0 Å². The lowest BCUT2D eigenvalue weighted by atomic mass is 10.2. The summed E-state index contributed by atoms with van der Waals surface area (Å²) in [6, 6.07) is 0. The molecule has 0 saturated carbocycles. The van der Waals surface area contributed by atoms with E-state index in [1.807, 2.05) is 6.92 Å². The van der Waals surface area contributed by atoms with Crippen molar-refractivity contribution in [2.24, 2.45) is 0 Å². The van der Waals surface area contributed by atoms with Crippen LogP contribution < -0.4 is 5.32 Å². The Kier molecular flexibility index (Phi) is 3.56. The zero-order chi connectivity index (χ0) is 11.4. The van der Waals surface area contributed by atoms with Crippen LogP contribution in [-0.2, 0) is 16.0 Å². The van der Waals surface area contributed by atoms with Gasteiger partial charge in [-0.15, -0.1) is 0 Å². The minimum absolute atomic E-state index is 0.0271. The van der Waals surface area contributed by atoms with Crippen LogP contribution in [0.4, 0.5) is 0 Å². The van der Waals surface area contributed by atoms with Gasteiger partial charge >= 0.3 is 0 Å². The second kappa shape index (κ2) is 5.12. The molecular weight excluding hydrogens is 208 g/mol. The third-order valence-electron chi connectivity index (χ3n) is 2.53. The lowest BCUT2D eigenvalue weighted by Crippen LogP contribution is -2.35. The predicted octanol–water partition coefficient (Wildman–Crippen LogP) is 0.821. The fraction of sp³-hybridized carbons (Fsp3) is 0.636. The monoisotopic (exact) mass is 224 g/mol. The molecule has 1 saturated heterocycles. The van der Waals surface area contributed by atoms with Gasteiger partial charge < -0.3 is 14.5 Å². The smallest absolute Gasteiger partial charge is 0.249 e. The highest BCUT2D eigenvalue weighted by Gasteiger charge is 2.22. The van der Waals surface area contributed by atoms with Crippen LogP contribution in [-0.4, -0.2) is 30.1 Å². The summed E-state index contributed by atoms with van der Waals surface area (Å²) in [6.07, 6.45) is 3.83. The van der Waals surface area contributed by atoms with Crippen LogP contribution in [0.15, 0.2) is 10.6 Å². The van der Waals surface area contributed by atoms with Crippen LogP contribution in [0.5, 0.6) is 0 Å². The molecule has 0 bridgehead atoms. The van der Waals surface area contributed by atoms with Gasteiger partial charge in [0, 0.05) is 19.6 Å². The molecule has 5 nitrogen and oxygen atoms in total. The van der Waals surface area contributed by atoms with E-state index >= 15 is 0 Å². The van der Waals surface area contributed by atoms with Gasteiger partial charge in [0.1, 0.15) is 11.9 Å². The van der Waals surface area contributed by atoms with Gasteiger partial charge in [-0.2, -0.15) is 0 Å². The average molecular weight is 224 g/mol. The van der Waals surface area contributed by atoms with Crippen molar-refractivity contribution < 1.29 is 13.9 Å². The summed E-state index contributed by atoms with van der Waals surface area (Å²) in [7, 11) is 0. The van der Waals surface area contributed by atoms with E-state index in [1.165, 1.54) is 0 Å². The van der Waals surface area contributed by atoms with Crippen molar-refractivity contribution in [2.75, 3.05) is 13.2 Å². The zero-order valence-electron chi connectivity index (χ0n) is 9.36. The number of oxazole rings is 1. The lowest BCUT2D eigenvalue weighted by Gasteiger charge is -2.09. The fourth-order valence-electron chi connectivity index (χ4n) is 1.71. The molecule has 2 rings (SSSR count). The molecule has 88 valence electrons. The second-order valence-electron chi connectivity index (χ2n) is 3.91. The van der Waals surface area contributed by atoms with E-state index in [2.05, 4.69) is 10.3 Å². The maximum absolute atomic E-state index is 11.6. The van der Waals surface area contributed by atoms with Crippen molar-refractivity contribution in [3.63, 3.8) is 0 Å². The van der Waals surface area contributed by atoms with E-state index in [1.54, 1.807) is 6.20 Å². The van der Waals surface area contributed by atoms with Crippen LogP contribution >= 0.6 is 0 Å². The summed E-state index contributed by atoms with van der Waals surface area (Å²) in [4.78, 5) is 15.6. The summed E-state index contributed by atoms with van der Waals surface area (Å²) in [5.74, 6) is 1.42. The fourth-order valence-corrected chi connectivity index (χ4v) is 1.71. The van der Waals surface area contributed by atoms with Crippen LogP contribution in [0, 0.1) is 6.92 Å². The van der Waals surface area contributed by atoms with E-state index in [-0.39, 0.29) is 12.0 Å². The van der Waals surface area contributed by atoms with Crippen molar-refractivity contribution in [2.45, 2.75) is 32.3 Å². The predicted molar refractivity (Wildman–Crippen MR) is 56.9 cm³/mol. The van der Waals surface area contributed by atoms with Crippen LogP contribution in [0.25, 0.3) is 0 Å². The molecule has 1 aliphatic heterocycles. The van der Waals surface area contributed by atoms with Gasteiger partial charge in [0.25, 0.3) is 0 Å². The molecule has 1 aromatic rings. The molecule has 0 spiro atoms. The third-order valence-corrected chi connectivity index (χ3v) is 2.53. The Morgan fingerprint density at radius 3 is 3.19 bits per heavy atom. The Bertz CT molecular complexity index is 356. The normalized spacial score (nSPS) is 19.9. The first-order chi connectivity index (χ1) is 7.75. The van der Waals surface area contributed by atoms with Crippen LogP contribution in [0.3, 0.4) is 0 Å². The Morgan fingerprint density at radius 1 is 1.69 bits per heavy atom. The largest absolute Gasteiger partial charge is 0.446 e. The average Bonchev–Trinajstić information content (AvgIpc) is 2.89.